The Labute approximate surface area is 135 Å². The van der Waals surface area contributed by atoms with Crippen LogP contribution in [0.3, 0.4) is 0 Å². The molecule has 6 nitrogen and oxygen atoms in total. The third kappa shape index (κ3) is 3.28. The normalized spacial score (nSPS) is 21.7. The van der Waals surface area contributed by atoms with Gasteiger partial charge < -0.3 is 15.0 Å². The van der Waals surface area contributed by atoms with Crippen molar-refractivity contribution in [3.63, 3.8) is 0 Å². The molecule has 1 fully saturated rings. The van der Waals surface area contributed by atoms with Gasteiger partial charge in [-0.3, -0.25) is 9.69 Å². The minimum atomic E-state index is -0.280. The number of benzene rings is 1. The molecule has 6 heteroatoms. The SMILES string of the molecule is CO[C@H]1C[C@@H](C(N)=O)N(Cc2ccc(-n3ccnc3)cc2C)C1. The van der Waals surface area contributed by atoms with Crippen molar-refractivity contribution in [1.82, 2.24) is 14.5 Å². The summed E-state index contributed by atoms with van der Waals surface area (Å²) in [7, 11) is 1.68. The number of imidazole rings is 1. The number of hydrogen-bond donors (Lipinski definition) is 1. The Kier molecular flexibility index (Phi) is 4.45. The predicted molar refractivity (Wildman–Crippen MR) is 87.1 cm³/mol. The number of carbonyl (C=O) groups is 1. The van der Waals surface area contributed by atoms with E-state index in [0.29, 0.717) is 13.0 Å². The summed E-state index contributed by atoms with van der Waals surface area (Å²) in [6, 6.07) is 6.03. The Bertz CT molecular complexity index is 684. The molecule has 0 radical (unpaired) electrons. The molecule has 0 bridgehead atoms. The van der Waals surface area contributed by atoms with Crippen molar-refractivity contribution in [3.05, 3.63) is 48.0 Å². The van der Waals surface area contributed by atoms with E-state index in [9.17, 15) is 4.79 Å². The molecule has 1 aromatic carbocycles. The maximum atomic E-state index is 11.7. The van der Waals surface area contributed by atoms with E-state index in [-0.39, 0.29) is 18.1 Å². The Hall–Kier alpha value is -2.18. The van der Waals surface area contributed by atoms with Crippen molar-refractivity contribution < 1.29 is 9.53 Å². The van der Waals surface area contributed by atoms with Crippen LogP contribution in [-0.2, 0) is 16.1 Å². The van der Waals surface area contributed by atoms with Crippen molar-refractivity contribution in [1.29, 1.82) is 0 Å². The fourth-order valence-corrected chi connectivity index (χ4v) is 3.15. The molecule has 3 rings (SSSR count). The van der Waals surface area contributed by atoms with Gasteiger partial charge >= 0.3 is 0 Å². The topological polar surface area (TPSA) is 73.4 Å². The molecule has 0 unspecified atom stereocenters. The van der Waals surface area contributed by atoms with Gasteiger partial charge in [-0.2, -0.15) is 0 Å². The van der Waals surface area contributed by atoms with Crippen LogP contribution in [0, 0.1) is 6.92 Å². The van der Waals surface area contributed by atoms with E-state index in [1.165, 1.54) is 11.1 Å². The van der Waals surface area contributed by atoms with Crippen LogP contribution in [0.4, 0.5) is 0 Å². The van der Waals surface area contributed by atoms with E-state index in [4.69, 9.17) is 10.5 Å². The third-order valence-corrected chi connectivity index (χ3v) is 4.53. The van der Waals surface area contributed by atoms with Gasteiger partial charge in [-0.05, 0) is 36.6 Å². The third-order valence-electron chi connectivity index (χ3n) is 4.53. The molecule has 1 aromatic heterocycles. The molecule has 1 saturated heterocycles. The number of carbonyl (C=O) groups excluding carboxylic acids is 1. The smallest absolute Gasteiger partial charge is 0.234 e. The molecular formula is C17H22N4O2. The van der Waals surface area contributed by atoms with Gasteiger partial charge in [0.05, 0.1) is 18.5 Å². The number of nitrogens with two attached hydrogens (primary N) is 1. The van der Waals surface area contributed by atoms with Gasteiger partial charge in [0.2, 0.25) is 5.91 Å². The number of amides is 1. The second-order valence-corrected chi connectivity index (χ2v) is 6.02. The Balaban J connectivity index is 1.78. The molecule has 1 aliphatic heterocycles. The summed E-state index contributed by atoms with van der Waals surface area (Å²) >= 11 is 0. The van der Waals surface area contributed by atoms with Crippen LogP contribution in [0.5, 0.6) is 0 Å². The lowest BCUT2D eigenvalue weighted by atomic mass is 10.1. The van der Waals surface area contributed by atoms with Crippen LogP contribution in [-0.4, -0.2) is 46.2 Å². The Morgan fingerprint density at radius 1 is 1.48 bits per heavy atom. The van der Waals surface area contributed by atoms with Crippen LogP contribution in [0.1, 0.15) is 17.5 Å². The van der Waals surface area contributed by atoms with Crippen LogP contribution in [0.2, 0.25) is 0 Å². The van der Waals surface area contributed by atoms with Crippen molar-refractivity contribution in [2.45, 2.75) is 32.0 Å². The van der Waals surface area contributed by atoms with Gasteiger partial charge in [0.15, 0.2) is 0 Å². The number of primary amides is 1. The van der Waals surface area contributed by atoms with E-state index < -0.39 is 0 Å². The second-order valence-electron chi connectivity index (χ2n) is 6.02. The first-order chi connectivity index (χ1) is 11.1. The zero-order valence-corrected chi connectivity index (χ0v) is 13.5. The van der Waals surface area contributed by atoms with Gasteiger partial charge in [0.25, 0.3) is 0 Å². The lowest BCUT2D eigenvalue weighted by molar-refractivity contribution is -0.122. The zero-order chi connectivity index (χ0) is 16.4. The monoisotopic (exact) mass is 314 g/mol. The van der Waals surface area contributed by atoms with Gasteiger partial charge in [0.1, 0.15) is 0 Å². The average Bonchev–Trinajstić information content (AvgIpc) is 3.18. The Morgan fingerprint density at radius 3 is 2.91 bits per heavy atom. The fraction of sp³-hybridized carbons (Fsp3) is 0.412. The molecule has 2 aromatic rings. The predicted octanol–water partition coefficient (Wildman–Crippen LogP) is 1.26. The van der Waals surface area contributed by atoms with Crippen LogP contribution < -0.4 is 5.73 Å². The largest absolute Gasteiger partial charge is 0.380 e. The number of ether oxygens (including phenoxy) is 1. The number of rotatable bonds is 5. The van der Waals surface area contributed by atoms with E-state index >= 15 is 0 Å². The second kappa shape index (κ2) is 6.52. The number of nitrogens with zero attached hydrogens (tertiary/aromatic N) is 3. The first-order valence-corrected chi connectivity index (χ1v) is 7.72. The summed E-state index contributed by atoms with van der Waals surface area (Å²) in [5.41, 5.74) is 8.99. The van der Waals surface area contributed by atoms with Crippen molar-refractivity contribution in [3.8, 4) is 5.69 Å². The molecule has 0 saturated carbocycles. The number of hydrogen-bond acceptors (Lipinski definition) is 4. The molecule has 1 amide bonds. The number of aromatic nitrogens is 2. The number of likely N-dealkylation sites (tertiary alicyclic amines) is 1. The quantitative estimate of drug-likeness (QED) is 0.901. The summed E-state index contributed by atoms with van der Waals surface area (Å²) < 4.78 is 7.37. The lowest BCUT2D eigenvalue weighted by Gasteiger charge is -2.22. The van der Waals surface area contributed by atoms with E-state index in [2.05, 4.69) is 35.0 Å². The highest BCUT2D eigenvalue weighted by Gasteiger charge is 2.35. The maximum Gasteiger partial charge on any atom is 0.234 e. The van der Waals surface area contributed by atoms with E-state index in [1.54, 1.807) is 19.6 Å². The first-order valence-electron chi connectivity index (χ1n) is 7.72. The molecule has 23 heavy (non-hydrogen) atoms. The summed E-state index contributed by atoms with van der Waals surface area (Å²) in [5, 5.41) is 0. The van der Waals surface area contributed by atoms with Crippen molar-refractivity contribution >= 4 is 5.91 Å². The van der Waals surface area contributed by atoms with E-state index in [0.717, 1.165) is 12.2 Å². The van der Waals surface area contributed by atoms with Gasteiger partial charge in [0, 0.05) is 38.3 Å². The number of aryl methyl sites for hydroxylation is 1. The summed E-state index contributed by atoms with van der Waals surface area (Å²) in [5.74, 6) is -0.280. The summed E-state index contributed by atoms with van der Waals surface area (Å²) in [6.45, 7) is 3.51. The minimum Gasteiger partial charge on any atom is -0.380 e. The molecule has 0 aliphatic carbocycles. The molecule has 2 atom stereocenters. The highest BCUT2D eigenvalue weighted by atomic mass is 16.5. The van der Waals surface area contributed by atoms with E-state index in [1.807, 2.05) is 10.8 Å². The molecule has 2 N–H and O–H groups in total. The fourth-order valence-electron chi connectivity index (χ4n) is 3.15. The summed E-state index contributed by atoms with van der Waals surface area (Å²) in [4.78, 5) is 17.9. The van der Waals surface area contributed by atoms with Gasteiger partial charge in [-0.15, -0.1) is 0 Å². The zero-order valence-electron chi connectivity index (χ0n) is 13.5. The standard InChI is InChI=1S/C17H22N4O2/c1-12-7-14(20-6-5-19-11-20)4-3-13(12)9-21-10-15(23-2)8-16(21)17(18)22/h3-7,11,15-16H,8-10H2,1-2H3,(H2,18,22)/t15-,16-/m0/s1. The molecular weight excluding hydrogens is 292 g/mol. The molecule has 1 aliphatic rings. The van der Waals surface area contributed by atoms with Gasteiger partial charge in [-0.25, -0.2) is 4.98 Å². The molecule has 0 spiro atoms. The van der Waals surface area contributed by atoms with Crippen LogP contribution in [0.25, 0.3) is 5.69 Å². The lowest BCUT2D eigenvalue weighted by Crippen LogP contribution is -2.39. The van der Waals surface area contributed by atoms with Gasteiger partial charge in [-0.1, -0.05) is 6.07 Å². The first kappa shape index (κ1) is 15.7. The maximum absolute atomic E-state index is 11.7. The van der Waals surface area contributed by atoms with Crippen molar-refractivity contribution in [2.75, 3.05) is 13.7 Å². The van der Waals surface area contributed by atoms with Crippen molar-refractivity contribution in [2.24, 2.45) is 5.73 Å². The average molecular weight is 314 g/mol. The highest BCUT2D eigenvalue weighted by molar-refractivity contribution is 5.80. The minimum absolute atomic E-state index is 0.0676. The number of methoxy groups -OCH3 is 1. The molecule has 122 valence electrons. The summed E-state index contributed by atoms with van der Waals surface area (Å²) in [6.07, 6.45) is 6.19. The van der Waals surface area contributed by atoms with Crippen LogP contribution >= 0.6 is 0 Å². The van der Waals surface area contributed by atoms with Crippen LogP contribution in [0.15, 0.2) is 36.9 Å². The highest BCUT2D eigenvalue weighted by Crippen LogP contribution is 2.24. The Morgan fingerprint density at radius 2 is 2.30 bits per heavy atom. The molecule has 2 heterocycles.